The minimum Gasteiger partial charge on any atom is -0.508 e. The SMILES string of the molecule is NCC1(c2cccc(O)c2)CC1. The predicted molar refractivity (Wildman–Crippen MR) is 48.1 cm³/mol. The lowest BCUT2D eigenvalue weighted by atomic mass is 9.96. The first-order chi connectivity index (χ1) is 5.77. The average molecular weight is 163 g/mol. The monoisotopic (exact) mass is 163 g/mol. The molecule has 1 aromatic carbocycles. The van der Waals surface area contributed by atoms with E-state index in [4.69, 9.17) is 5.73 Å². The van der Waals surface area contributed by atoms with Gasteiger partial charge >= 0.3 is 0 Å². The molecule has 2 nitrogen and oxygen atoms in total. The van der Waals surface area contributed by atoms with Gasteiger partial charge in [0.05, 0.1) is 0 Å². The van der Waals surface area contributed by atoms with Crippen molar-refractivity contribution >= 4 is 0 Å². The molecular weight excluding hydrogens is 150 g/mol. The van der Waals surface area contributed by atoms with Crippen LogP contribution in [0, 0.1) is 0 Å². The first-order valence-electron chi connectivity index (χ1n) is 4.26. The summed E-state index contributed by atoms with van der Waals surface area (Å²) in [5.74, 6) is 0.340. The molecule has 0 atom stereocenters. The van der Waals surface area contributed by atoms with Crippen molar-refractivity contribution in [3.05, 3.63) is 29.8 Å². The first-order valence-corrected chi connectivity index (χ1v) is 4.26. The number of phenols is 1. The Hall–Kier alpha value is -1.02. The number of nitrogens with two attached hydrogens (primary N) is 1. The second-order valence-electron chi connectivity index (χ2n) is 3.53. The normalized spacial score (nSPS) is 19.1. The molecule has 0 bridgehead atoms. The van der Waals surface area contributed by atoms with Crippen molar-refractivity contribution in [2.24, 2.45) is 5.73 Å². The van der Waals surface area contributed by atoms with Gasteiger partial charge in [-0.25, -0.2) is 0 Å². The van der Waals surface area contributed by atoms with E-state index >= 15 is 0 Å². The van der Waals surface area contributed by atoms with Gasteiger partial charge in [0.1, 0.15) is 5.75 Å². The number of benzene rings is 1. The maximum Gasteiger partial charge on any atom is 0.115 e. The van der Waals surface area contributed by atoms with Gasteiger partial charge in [0.15, 0.2) is 0 Å². The molecule has 1 aromatic rings. The highest BCUT2D eigenvalue weighted by Crippen LogP contribution is 2.47. The highest BCUT2D eigenvalue weighted by molar-refractivity contribution is 5.37. The molecule has 3 N–H and O–H groups in total. The van der Waals surface area contributed by atoms with Crippen LogP contribution in [0.5, 0.6) is 5.75 Å². The first kappa shape index (κ1) is 7.62. The number of hydrogen-bond donors (Lipinski definition) is 2. The van der Waals surface area contributed by atoms with E-state index in [0.29, 0.717) is 12.3 Å². The van der Waals surface area contributed by atoms with Gasteiger partial charge in [0, 0.05) is 12.0 Å². The molecule has 0 amide bonds. The summed E-state index contributed by atoms with van der Waals surface area (Å²) in [4.78, 5) is 0. The topological polar surface area (TPSA) is 46.2 Å². The van der Waals surface area contributed by atoms with Gasteiger partial charge in [-0.05, 0) is 30.5 Å². The van der Waals surface area contributed by atoms with E-state index in [-0.39, 0.29) is 5.41 Å². The van der Waals surface area contributed by atoms with Crippen molar-refractivity contribution in [2.45, 2.75) is 18.3 Å². The number of rotatable bonds is 2. The van der Waals surface area contributed by atoms with Gasteiger partial charge in [-0.15, -0.1) is 0 Å². The van der Waals surface area contributed by atoms with Crippen LogP contribution in [-0.4, -0.2) is 11.7 Å². The van der Waals surface area contributed by atoms with Crippen LogP contribution in [0.15, 0.2) is 24.3 Å². The molecule has 0 heterocycles. The smallest absolute Gasteiger partial charge is 0.115 e. The lowest BCUT2D eigenvalue weighted by molar-refractivity contribution is 0.473. The van der Waals surface area contributed by atoms with Crippen LogP contribution in [0.4, 0.5) is 0 Å². The highest BCUT2D eigenvalue weighted by atomic mass is 16.3. The van der Waals surface area contributed by atoms with E-state index in [1.807, 2.05) is 18.2 Å². The van der Waals surface area contributed by atoms with E-state index in [0.717, 1.165) is 12.8 Å². The van der Waals surface area contributed by atoms with Crippen LogP contribution in [-0.2, 0) is 5.41 Å². The van der Waals surface area contributed by atoms with Crippen molar-refractivity contribution < 1.29 is 5.11 Å². The number of aromatic hydroxyl groups is 1. The highest BCUT2D eigenvalue weighted by Gasteiger charge is 2.42. The van der Waals surface area contributed by atoms with Crippen molar-refractivity contribution in [2.75, 3.05) is 6.54 Å². The minimum absolute atomic E-state index is 0.193. The average Bonchev–Trinajstić information content (AvgIpc) is 2.84. The lowest BCUT2D eigenvalue weighted by Gasteiger charge is -2.12. The third-order valence-corrected chi connectivity index (χ3v) is 2.70. The Kier molecular flexibility index (Phi) is 1.58. The maximum absolute atomic E-state index is 9.26. The Labute approximate surface area is 72.0 Å². The standard InChI is InChI=1S/C10H13NO/c11-7-10(4-5-10)8-2-1-3-9(12)6-8/h1-3,6,12H,4-5,7,11H2. The third kappa shape index (κ3) is 1.08. The molecule has 1 saturated carbocycles. The Morgan fingerprint density at radius 2 is 2.17 bits per heavy atom. The number of hydrogen-bond acceptors (Lipinski definition) is 2. The summed E-state index contributed by atoms with van der Waals surface area (Å²) in [5.41, 5.74) is 7.05. The van der Waals surface area contributed by atoms with Crippen LogP contribution in [0.25, 0.3) is 0 Å². The largest absolute Gasteiger partial charge is 0.508 e. The molecule has 1 aliphatic rings. The second kappa shape index (κ2) is 2.49. The fourth-order valence-corrected chi connectivity index (χ4v) is 1.60. The predicted octanol–water partition coefficient (Wildman–Crippen LogP) is 1.38. The third-order valence-electron chi connectivity index (χ3n) is 2.70. The van der Waals surface area contributed by atoms with Crippen LogP contribution >= 0.6 is 0 Å². The molecule has 0 unspecified atom stereocenters. The summed E-state index contributed by atoms with van der Waals surface area (Å²) in [6.45, 7) is 0.691. The molecule has 0 aliphatic heterocycles. The summed E-state index contributed by atoms with van der Waals surface area (Å²) < 4.78 is 0. The van der Waals surface area contributed by atoms with Crippen LogP contribution in [0.1, 0.15) is 18.4 Å². The molecular formula is C10H13NO. The lowest BCUT2D eigenvalue weighted by Crippen LogP contribution is -2.19. The summed E-state index contributed by atoms with van der Waals surface area (Å²) in [6, 6.07) is 7.43. The molecule has 1 fully saturated rings. The molecule has 0 radical (unpaired) electrons. The van der Waals surface area contributed by atoms with Crippen LogP contribution in [0.2, 0.25) is 0 Å². The zero-order valence-electron chi connectivity index (χ0n) is 6.96. The van der Waals surface area contributed by atoms with Gasteiger partial charge in [0.2, 0.25) is 0 Å². The van der Waals surface area contributed by atoms with Crippen molar-refractivity contribution in [3.8, 4) is 5.75 Å². The van der Waals surface area contributed by atoms with Gasteiger partial charge in [-0.2, -0.15) is 0 Å². The Morgan fingerprint density at radius 3 is 2.67 bits per heavy atom. The minimum atomic E-state index is 0.193. The van der Waals surface area contributed by atoms with Crippen LogP contribution in [0.3, 0.4) is 0 Å². The number of phenolic OH excluding ortho intramolecular Hbond substituents is 1. The molecule has 2 rings (SSSR count). The van der Waals surface area contributed by atoms with E-state index in [1.165, 1.54) is 5.56 Å². The summed E-state index contributed by atoms with van der Waals surface area (Å²) in [6.07, 6.45) is 2.32. The molecule has 0 spiro atoms. The van der Waals surface area contributed by atoms with Crippen molar-refractivity contribution in [1.29, 1.82) is 0 Å². The van der Waals surface area contributed by atoms with Crippen molar-refractivity contribution in [3.63, 3.8) is 0 Å². The fourth-order valence-electron chi connectivity index (χ4n) is 1.60. The second-order valence-corrected chi connectivity index (χ2v) is 3.53. The molecule has 0 saturated heterocycles. The van der Waals surface area contributed by atoms with E-state index in [2.05, 4.69) is 0 Å². The van der Waals surface area contributed by atoms with Crippen LogP contribution < -0.4 is 5.73 Å². The van der Waals surface area contributed by atoms with E-state index < -0.39 is 0 Å². The molecule has 1 aliphatic carbocycles. The Morgan fingerprint density at radius 1 is 1.42 bits per heavy atom. The van der Waals surface area contributed by atoms with E-state index in [9.17, 15) is 5.11 Å². The quantitative estimate of drug-likeness (QED) is 0.692. The van der Waals surface area contributed by atoms with Gasteiger partial charge in [-0.1, -0.05) is 12.1 Å². The van der Waals surface area contributed by atoms with Crippen molar-refractivity contribution in [1.82, 2.24) is 0 Å². The molecule has 12 heavy (non-hydrogen) atoms. The summed E-state index contributed by atoms with van der Waals surface area (Å²) in [5, 5.41) is 9.26. The zero-order chi connectivity index (χ0) is 8.60. The Bertz CT molecular complexity index is 292. The summed E-state index contributed by atoms with van der Waals surface area (Å²) in [7, 11) is 0. The Balaban J connectivity index is 2.34. The molecule has 64 valence electrons. The van der Waals surface area contributed by atoms with Gasteiger partial charge < -0.3 is 10.8 Å². The summed E-state index contributed by atoms with van der Waals surface area (Å²) >= 11 is 0. The van der Waals surface area contributed by atoms with Gasteiger partial charge in [0.25, 0.3) is 0 Å². The maximum atomic E-state index is 9.26. The zero-order valence-corrected chi connectivity index (χ0v) is 6.96. The molecule has 0 aromatic heterocycles. The fraction of sp³-hybridized carbons (Fsp3) is 0.400. The van der Waals surface area contributed by atoms with Gasteiger partial charge in [-0.3, -0.25) is 0 Å². The molecule has 2 heteroatoms. The van der Waals surface area contributed by atoms with E-state index in [1.54, 1.807) is 6.07 Å².